The fraction of sp³-hybridized carbons (Fsp3) is 0.190. The molecule has 2 aliphatic heterocycles. The Morgan fingerprint density at radius 3 is 2.97 bits per heavy atom. The normalized spacial score (nSPS) is 16.3. The highest BCUT2D eigenvalue weighted by Gasteiger charge is 2.37. The summed E-state index contributed by atoms with van der Waals surface area (Å²) >= 11 is 0. The molecule has 0 bridgehead atoms. The lowest BCUT2D eigenvalue weighted by Gasteiger charge is -2.25. The van der Waals surface area contributed by atoms with Crippen LogP contribution in [0.15, 0.2) is 41.2 Å². The summed E-state index contributed by atoms with van der Waals surface area (Å²) in [5, 5.41) is 3.14. The van der Waals surface area contributed by atoms with E-state index in [-0.39, 0.29) is 23.3 Å². The van der Waals surface area contributed by atoms with E-state index < -0.39 is 24.6 Å². The molecular weight excluding hydrogens is 390 g/mol. The highest BCUT2D eigenvalue weighted by Crippen LogP contribution is 2.36. The number of carbonyl (C=O) groups excluding carboxylic acids is 3. The topological polar surface area (TPSA) is 117 Å². The molecule has 1 atom stereocenters. The van der Waals surface area contributed by atoms with Crippen molar-refractivity contribution in [1.29, 1.82) is 0 Å². The maximum atomic E-state index is 13.1. The van der Waals surface area contributed by atoms with Gasteiger partial charge in [-0.05, 0) is 18.2 Å². The zero-order valence-electron chi connectivity index (χ0n) is 15.6. The highest BCUT2D eigenvalue weighted by molar-refractivity contribution is 5.86. The third-order valence-electron chi connectivity index (χ3n) is 5.24. The minimum absolute atomic E-state index is 0.195. The molecule has 2 aromatic heterocycles. The monoisotopic (exact) mass is 405 g/mol. The summed E-state index contributed by atoms with van der Waals surface area (Å²) in [6.45, 7) is -0.237. The van der Waals surface area contributed by atoms with Crippen molar-refractivity contribution < 1.29 is 23.9 Å². The second kappa shape index (κ2) is 6.80. The Morgan fingerprint density at radius 2 is 2.13 bits per heavy atom. The van der Waals surface area contributed by atoms with Crippen molar-refractivity contribution in [3.63, 3.8) is 0 Å². The number of cyclic esters (lactones) is 1. The van der Waals surface area contributed by atoms with Gasteiger partial charge in [0.05, 0.1) is 29.0 Å². The molecule has 3 aromatic rings. The molecule has 0 spiro atoms. The fourth-order valence-corrected chi connectivity index (χ4v) is 3.87. The maximum Gasteiger partial charge on any atom is 0.352 e. The first-order valence-electron chi connectivity index (χ1n) is 9.25. The number of pyridine rings is 2. The molecule has 5 rings (SSSR count). The number of fused-ring (bicyclic) bond motifs is 5. The van der Waals surface area contributed by atoms with E-state index in [2.05, 4.69) is 5.32 Å². The maximum absolute atomic E-state index is 13.1. The number of hydrogen-bond donors (Lipinski definition) is 1. The van der Waals surface area contributed by atoms with Crippen molar-refractivity contribution >= 4 is 29.3 Å². The summed E-state index contributed by atoms with van der Waals surface area (Å²) in [6.07, 6.45) is -1.03. The number of rotatable bonds is 4. The Hall–Kier alpha value is -4.01. The molecule has 0 aliphatic carbocycles. The predicted octanol–water partition coefficient (Wildman–Crippen LogP) is 0.812. The standard InChI is InChI=1S/C21H15N3O6/c25-10-22-7-17(26)30-19-13-6-16-18-12(5-11-3-1-2-4-15(11)23-18)8-24(16)20(27)14(13)9-29-21(19)28/h1-6,10,19H,7-9H2,(H,22,25). The first-order chi connectivity index (χ1) is 14.6. The third kappa shape index (κ3) is 2.74. The Balaban J connectivity index is 1.62. The van der Waals surface area contributed by atoms with E-state index in [1.165, 1.54) is 0 Å². The van der Waals surface area contributed by atoms with Gasteiger partial charge in [0.15, 0.2) is 0 Å². The van der Waals surface area contributed by atoms with Gasteiger partial charge in [-0.1, -0.05) is 18.2 Å². The first kappa shape index (κ1) is 18.0. The molecule has 9 heteroatoms. The summed E-state index contributed by atoms with van der Waals surface area (Å²) in [5.74, 6) is -1.59. The van der Waals surface area contributed by atoms with Crippen molar-refractivity contribution in [3.05, 3.63) is 63.4 Å². The molecule has 0 radical (unpaired) electrons. The molecule has 0 fully saturated rings. The number of para-hydroxylation sites is 1. The smallest absolute Gasteiger partial charge is 0.352 e. The number of aromatic nitrogens is 2. The molecule has 150 valence electrons. The summed E-state index contributed by atoms with van der Waals surface area (Å²) in [4.78, 5) is 52.4. The van der Waals surface area contributed by atoms with E-state index in [1.54, 1.807) is 10.6 Å². The van der Waals surface area contributed by atoms with Crippen LogP contribution < -0.4 is 10.9 Å². The van der Waals surface area contributed by atoms with Crippen LogP contribution in [-0.2, 0) is 37.0 Å². The lowest BCUT2D eigenvalue weighted by atomic mass is 10.00. The van der Waals surface area contributed by atoms with Gasteiger partial charge in [-0.25, -0.2) is 9.78 Å². The van der Waals surface area contributed by atoms with Gasteiger partial charge in [-0.15, -0.1) is 0 Å². The van der Waals surface area contributed by atoms with Crippen molar-refractivity contribution in [2.24, 2.45) is 0 Å². The molecule has 1 N–H and O–H groups in total. The number of ether oxygens (including phenoxy) is 2. The lowest BCUT2D eigenvalue weighted by Crippen LogP contribution is -2.35. The van der Waals surface area contributed by atoms with E-state index in [9.17, 15) is 19.2 Å². The number of nitrogens with one attached hydrogen (secondary N) is 1. The average molecular weight is 405 g/mol. The van der Waals surface area contributed by atoms with E-state index in [1.807, 2.05) is 30.3 Å². The van der Waals surface area contributed by atoms with Crippen LogP contribution in [0.25, 0.3) is 22.3 Å². The number of carbonyl (C=O) groups is 3. The molecule has 0 saturated carbocycles. The molecule has 0 saturated heterocycles. The van der Waals surface area contributed by atoms with Gasteiger partial charge in [-0.2, -0.15) is 0 Å². The Bertz CT molecular complexity index is 1300. The van der Waals surface area contributed by atoms with Crippen LogP contribution >= 0.6 is 0 Å². The zero-order chi connectivity index (χ0) is 20.8. The van der Waals surface area contributed by atoms with E-state index in [0.29, 0.717) is 24.3 Å². The van der Waals surface area contributed by atoms with Crippen molar-refractivity contribution in [2.75, 3.05) is 6.54 Å². The van der Waals surface area contributed by atoms with Crippen LogP contribution in [0.3, 0.4) is 0 Å². The van der Waals surface area contributed by atoms with Crippen LogP contribution in [0.5, 0.6) is 0 Å². The second-order valence-electron chi connectivity index (χ2n) is 7.02. The molecule has 4 heterocycles. The van der Waals surface area contributed by atoms with Crippen LogP contribution in [-0.4, -0.2) is 34.4 Å². The summed E-state index contributed by atoms with van der Waals surface area (Å²) < 4.78 is 11.9. The Labute approximate surface area is 169 Å². The van der Waals surface area contributed by atoms with Gasteiger partial charge in [0.1, 0.15) is 13.2 Å². The molecule has 2 aliphatic rings. The number of nitrogens with zero attached hydrogens (tertiary/aromatic N) is 2. The summed E-state index contributed by atoms with van der Waals surface area (Å²) in [7, 11) is 0. The summed E-state index contributed by atoms with van der Waals surface area (Å²) in [5.41, 5.74) is 3.12. The Kier molecular flexibility index (Phi) is 4.09. The van der Waals surface area contributed by atoms with Gasteiger partial charge in [-0.3, -0.25) is 14.4 Å². The molecule has 1 aromatic carbocycles. The van der Waals surface area contributed by atoms with Gasteiger partial charge in [0.25, 0.3) is 5.56 Å². The summed E-state index contributed by atoms with van der Waals surface area (Å²) in [6, 6.07) is 11.3. The molecular formula is C21H15N3O6. The van der Waals surface area contributed by atoms with Crippen LogP contribution in [0.1, 0.15) is 22.8 Å². The lowest BCUT2D eigenvalue weighted by molar-refractivity contribution is -0.171. The largest absolute Gasteiger partial charge is 0.458 e. The van der Waals surface area contributed by atoms with E-state index in [0.717, 1.165) is 16.5 Å². The molecule has 30 heavy (non-hydrogen) atoms. The van der Waals surface area contributed by atoms with Crippen molar-refractivity contribution in [1.82, 2.24) is 14.9 Å². The minimum Gasteiger partial charge on any atom is -0.458 e. The number of esters is 2. The number of benzene rings is 1. The third-order valence-corrected chi connectivity index (χ3v) is 5.24. The van der Waals surface area contributed by atoms with E-state index >= 15 is 0 Å². The molecule has 1 unspecified atom stereocenters. The van der Waals surface area contributed by atoms with Gasteiger partial charge in [0, 0.05) is 16.5 Å². The van der Waals surface area contributed by atoms with Crippen LogP contribution in [0.2, 0.25) is 0 Å². The SMILES string of the molecule is O=CNCC(=O)OC1C(=O)OCc2c1cc1n(c2=O)Cc2cc3ccccc3nc2-1. The van der Waals surface area contributed by atoms with Crippen LogP contribution in [0.4, 0.5) is 0 Å². The molecule has 1 amide bonds. The quantitative estimate of drug-likeness (QED) is 0.394. The van der Waals surface area contributed by atoms with Gasteiger partial charge in [0.2, 0.25) is 12.5 Å². The first-order valence-corrected chi connectivity index (χ1v) is 9.25. The number of amides is 1. The second-order valence-corrected chi connectivity index (χ2v) is 7.02. The fourth-order valence-electron chi connectivity index (χ4n) is 3.87. The van der Waals surface area contributed by atoms with Gasteiger partial charge >= 0.3 is 11.9 Å². The van der Waals surface area contributed by atoms with Crippen LogP contribution in [0, 0.1) is 0 Å². The van der Waals surface area contributed by atoms with Crippen molar-refractivity contribution in [3.8, 4) is 11.4 Å². The highest BCUT2D eigenvalue weighted by atomic mass is 16.6. The average Bonchev–Trinajstić information content (AvgIpc) is 3.10. The molecule has 9 nitrogen and oxygen atoms in total. The Morgan fingerprint density at radius 1 is 1.30 bits per heavy atom. The minimum atomic E-state index is -1.38. The predicted molar refractivity (Wildman–Crippen MR) is 103 cm³/mol. The van der Waals surface area contributed by atoms with E-state index in [4.69, 9.17) is 14.5 Å². The zero-order valence-corrected chi connectivity index (χ0v) is 15.6. The number of hydrogen-bond acceptors (Lipinski definition) is 7. The van der Waals surface area contributed by atoms with Crippen molar-refractivity contribution in [2.45, 2.75) is 19.3 Å². The van der Waals surface area contributed by atoms with Gasteiger partial charge < -0.3 is 19.4 Å².